The summed E-state index contributed by atoms with van der Waals surface area (Å²) in [4.78, 5) is 11.9. The summed E-state index contributed by atoms with van der Waals surface area (Å²) >= 11 is 0. The van der Waals surface area contributed by atoms with E-state index in [4.69, 9.17) is 0 Å². The summed E-state index contributed by atoms with van der Waals surface area (Å²) in [6.45, 7) is 2.12. The average Bonchev–Trinajstić information content (AvgIpc) is 2.53. The van der Waals surface area contributed by atoms with Gasteiger partial charge in [-0.3, -0.25) is 0 Å². The summed E-state index contributed by atoms with van der Waals surface area (Å²) in [6, 6.07) is 11.3. The Hall–Kier alpha value is -2.50. The molecule has 2 aromatic carbocycles. The Morgan fingerprint density at radius 2 is 1.67 bits per heavy atom. The van der Waals surface area contributed by atoms with E-state index in [0.29, 0.717) is 5.69 Å². The van der Waals surface area contributed by atoms with E-state index < -0.39 is 17.8 Å². The van der Waals surface area contributed by atoms with Crippen LogP contribution in [0.25, 0.3) is 0 Å². The smallest absolute Gasteiger partial charge is 0.308 e. The van der Waals surface area contributed by atoms with Gasteiger partial charge in [0.1, 0.15) is 0 Å². The molecule has 2 aromatic rings. The predicted octanol–water partition coefficient (Wildman–Crippen LogP) is 5.69. The first kappa shape index (κ1) is 17.8. The van der Waals surface area contributed by atoms with Gasteiger partial charge in [0.15, 0.2) is 0 Å². The normalized spacial score (nSPS) is 11.2. The molecule has 0 unspecified atom stereocenters. The van der Waals surface area contributed by atoms with Crippen LogP contribution >= 0.6 is 0 Å². The van der Waals surface area contributed by atoms with Crippen LogP contribution in [0.15, 0.2) is 48.5 Å². The van der Waals surface area contributed by atoms with Crippen LogP contribution < -0.4 is 10.6 Å². The first-order chi connectivity index (χ1) is 11.4. The van der Waals surface area contributed by atoms with E-state index in [1.54, 1.807) is 12.1 Å². The largest absolute Gasteiger partial charge is 0.416 e. The van der Waals surface area contributed by atoms with Crippen LogP contribution in [0.1, 0.15) is 30.9 Å². The summed E-state index contributed by atoms with van der Waals surface area (Å²) < 4.78 is 38.0. The van der Waals surface area contributed by atoms with Gasteiger partial charge < -0.3 is 10.6 Å². The Kier molecular flexibility index (Phi) is 5.84. The lowest BCUT2D eigenvalue weighted by atomic mass is 10.1. The van der Waals surface area contributed by atoms with Gasteiger partial charge in [0.2, 0.25) is 0 Å². The first-order valence-electron chi connectivity index (χ1n) is 7.72. The van der Waals surface area contributed by atoms with Crippen molar-refractivity contribution in [3.8, 4) is 0 Å². The Morgan fingerprint density at radius 3 is 2.29 bits per heavy atom. The van der Waals surface area contributed by atoms with Crippen molar-refractivity contribution in [1.29, 1.82) is 0 Å². The van der Waals surface area contributed by atoms with E-state index in [-0.39, 0.29) is 5.69 Å². The zero-order valence-corrected chi connectivity index (χ0v) is 13.3. The second-order valence-corrected chi connectivity index (χ2v) is 5.46. The molecule has 0 saturated carbocycles. The van der Waals surface area contributed by atoms with Crippen molar-refractivity contribution in [2.24, 2.45) is 0 Å². The maximum Gasteiger partial charge on any atom is 0.416 e. The molecule has 0 aliphatic carbocycles. The highest BCUT2D eigenvalue weighted by molar-refractivity contribution is 5.99. The minimum Gasteiger partial charge on any atom is -0.308 e. The fourth-order valence-electron chi connectivity index (χ4n) is 2.20. The van der Waals surface area contributed by atoms with Gasteiger partial charge in [-0.2, -0.15) is 13.2 Å². The average molecular weight is 336 g/mol. The first-order valence-corrected chi connectivity index (χ1v) is 7.72. The second kappa shape index (κ2) is 7.86. The van der Waals surface area contributed by atoms with Gasteiger partial charge in [0.25, 0.3) is 0 Å². The van der Waals surface area contributed by atoms with E-state index >= 15 is 0 Å². The van der Waals surface area contributed by atoms with Crippen molar-refractivity contribution in [3.63, 3.8) is 0 Å². The molecule has 0 aliphatic rings. The number of nitrogens with one attached hydrogen (secondary N) is 2. The number of carbonyl (C=O) groups is 1. The Balaban J connectivity index is 1.96. The molecule has 0 aliphatic heterocycles. The van der Waals surface area contributed by atoms with Crippen LogP contribution in [0, 0.1) is 0 Å². The van der Waals surface area contributed by atoms with Gasteiger partial charge in [-0.15, -0.1) is 0 Å². The third kappa shape index (κ3) is 5.30. The summed E-state index contributed by atoms with van der Waals surface area (Å²) in [7, 11) is 0. The van der Waals surface area contributed by atoms with E-state index in [2.05, 4.69) is 17.6 Å². The number of benzene rings is 2. The number of anilines is 2. The fraction of sp³-hybridized carbons (Fsp3) is 0.278. The lowest BCUT2D eigenvalue weighted by molar-refractivity contribution is -0.137. The van der Waals surface area contributed by atoms with E-state index in [1.165, 1.54) is 17.7 Å². The monoisotopic (exact) mass is 336 g/mol. The van der Waals surface area contributed by atoms with E-state index in [0.717, 1.165) is 31.4 Å². The molecular weight excluding hydrogens is 317 g/mol. The van der Waals surface area contributed by atoms with Crippen LogP contribution in [-0.2, 0) is 12.6 Å². The van der Waals surface area contributed by atoms with Gasteiger partial charge in [0.05, 0.1) is 5.56 Å². The summed E-state index contributed by atoms with van der Waals surface area (Å²) in [5.41, 5.74) is 1.04. The SMILES string of the molecule is CCCCc1ccc(NC(=O)Nc2cccc(C(F)(F)F)c2)cc1. The van der Waals surface area contributed by atoms with Crippen molar-refractivity contribution in [1.82, 2.24) is 0 Å². The molecule has 2 N–H and O–H groups in total. The van der Waals surface area contributed by atoms with Crippen molar-refractivity contribution in [2.75, 3.05) is 10.6 Å². The fourth-order valence-corrected chi connectivity index (χ4v) is 2.20. The molecule has 0 saturated heterocycles. The number of urea groups is 1. The summed E-state index contributed by atoms with van der Waals surface area (Å²) in [5, 5.41) is 5.00. The third-order valence-corrected chi connectivity index (χ3v) is 3.48. The molecule has 0 spiro atoms. The zero-order valence-electron chi connectivity index (χ0n) is 13.3. The highest BCUT2D eigenvalue weighted by atomic mass is 19.4. The lowest BCUT2D eigenvalue weighted by Crippen LogP contribution is -2.19. The maximum atomic E-state index is 12.7. The molecule has 0 aromatic heterocycles. The second-order valence-electron chi connectivity index (χ2n) is 5.46. The number of hydrogen-bond donors (Lipinski definition) is 2. The molecule has 24 heavy (non-hydrogen) atoms. The molecule has 0 radical (unpaired) electrons. The van der Waals surface area contributed by atoms with Crippen molar-refractivity contribution in [2.45, 2.75) is 32.4 Å². The number of aryl methyl sites for hydroxylation is 1. The molecule has 128 valence electrons. The Labute approximate surface area is 138 Å². The van der Waals surface area contributed by atoms with Crippen LogP contribution in [-0.4, -0.2) is 6.03 Å². The maximum absolute atomic E-state index is 12.7. The Morgan fingerprint density at radius 1 is 1.00 bits per heavy atom. The third-order valence-electron chi connectivity index (χ3n) is 3.48. The number of rotatable bonds is 5. The highest BCUT2D eigenvalue weighted by Crippen LogP contribution is 2.30. The molecule has 2 amide bonds. The quantitative estimate of drug-likeness (QED) is 0.723. The lowest BCUT2D eigenvalue weighted by Gasteiger charge is -2.11. The minimum absolute atomic E-state index is 0.0851. The topological polar surface area (TPSA) is 41.1 Å². The molecule has 0 bridgehead atoms. The number of amides is 2. The molecule has 2 rings (SSSR count). The standard InChI is InChI=1S/C18H19F3N2O/c1-2-3-5-13-8-10-15(11-9-13)22-17(24)23-16-7-4-6-14(12-16)18(19,20)21/h4,6-12H,2-3,5H2,1H3,(H2,22,23,24). The van der Waals surface area contributed by atoms with Gasteiger partial charge in [0, 0.05) is 11.4 Å². The molecule has 3 nitrogen and oxygen atoms in total. The number of carbonyl (C=O) groups excluding carboxylic acids is 1. The molecule has 0 atom stereocenters. The molecule has 0 fully saturated rings. The van der Waals surface area contributed by atoms with Gasteiger partial charge in [-0.1, -0.05) is 31.5 Å². The van der Waals surface area contributed by atoms with Gasteiger partial charge in [-0.05, 0) is 48.7 Å². The summed E-state index contributed by atoms with van der Waals surface area (Å²) in [6.07, 6.45) is -1.25. The van der Waals surface area contributed by atoms with Crippen molar-refractivity contribution >= 4 is 17.4 Å². The number of alkyl halides is 3. The highest BCUT2D eigenvalue weighted by Gasteiger charge is 2.30. The van der Waals surface area contributed by atoms with E-state index in [9.17, 15) is 18.0 Å². The molecular formula is C18H19F3N2O. The molecule has 0 heterocycles. The number of hydrogen-bond acceptors (Lipinski definition) is 1. The minimum atomic E-state index is -4.44. The van der Waals surface area contributed by atoms with E-state index in [1.807, 2.05) is 12.1 Å². The van der Waals surface area contributed by atoms with Crippen LogP contribution in [0.2, 0.25) is 0 Å². The van der Waals surface area contributed by atoms with Crippen LogP contribution in [0.3, 0.4) is 0 Å². The molecule has 6 heteroatoms. The van der Waals surface area contributed by atoms with Gasteiger partial charge >= 0.3 is 12.2 Å². The predicted molar refractivity (Wildman–Crippen MR) is 89.1 cm³/mol. The summed E-state index contributed by atoms with van der Waals surface area (Å²) in [5.74, 6) is 0. The number of halogens is 3. The van der Waals surface area contributed by atoms with Crippen LogP contribution in [0.5, 0.6) is 0 Å². The zero-order chi connectivity index (χ0) is 17.6. The van der Waals surface area contributed by atoms with Gasteiger partial charge in [-0.25, -0.2) is 4.79 Å². The van der Waals surface area contributed by atoms with Crippen molar-refractivity contribution in [3.05, 3.63) is 59.7 Å². The number of unbranched alkanes of at least 4 members (excludes halogenated alkanes) is 1. The Bertz CT molecular complexity index is 681. The van der Waals surface area contributed by atoms with Crippen LogP contribution in [0.4, 0.5) is 29.3 Å². The van der Waals surface area contributed by atoms with Crippen molar-refractivity contribution < 1.29 is 18.0 Å².